The summed E-state index contributed by atoms with van der Waals surface area (Å²) in [4.78, 5) is 16.5. The molecule has 3 rings (SSSR count). The van der Waals surface area contributed by atoms with Crippen LogP contribution < -0.4 is 14.8 Å². The summed E-state index contributed by atoms with van der Waals surface area (Å²) < 4.78 is 37.9. The summed E-state index contributed by atoms with van der Waals surface area (Å²) in [7, 11) is -3.75. The number of sulfonamides is 1. The van der Waals surface area contributed by atoms with Gasteiger partial charge in [-0.25, -0.2) is 8.42 Å². The lowest BCUT2D eigenvalue weighted by Crippen LogP contribution is -2.24. The third-order valence-corrected chi connectivity index (χ3v) is 5.66. The van der Waals surface area contributed by atoms with Gasteiger partial charge >= 0.3 is 0 Å². The van der Waals surface area contributed by atoms with Crippen LogP contribution in [-0.4, -0.2) is 37.6 Å². The van der Waals surface area contributed by atoms with Crippen LogP contribution in [0.5, 0.6) is 5.75 Å². The number of nitrogens with zero attached hydrogens (tertiary/aromatic N) is 2. The van der Waals surface area contributed by atoms with Crippen LogP contribution in [0.15, 0.2) is 57.9 Å². The summed E-state index contributed by atoms with van der Waals surface area (Å²) in [5.74, 6) is 1.47. The van der Waals surface area contributed by atoms with Gasteiger partial charge in [0.1, 0.15) is 5.75 Å². The number of amides is 1. The number of hydrogen-bond donors (Lipinski definition) is 2. The molecule has 0 atom stereocenters. The van der Waals surface area contributed by atoms with E-state index in [4.69, 9.17) is 9.26 Å². The minimum Gasteiger partial charge on any atom is -0.494 e. The summed E-state index contributed by atoms with van der Waals surface area (Å²) in [6, 6.07) is 12.4. The number of carbonyl (C=O) groups is 1. The summed E-state index contributed by atoms with van der Waals surface area (Å²) in [5, 5.41) is 6.52. The normalized spacial score (nSPS) is 11.2. The fraction of sp³-hybridized carbons (Fsp3) is 0.286. The van der Waals surface area contributed by atoms with Gasteiger partial charge in [-0.3, -0.25) is 9.52 Å². The van der Waals surface area contributed by atoms with Crippen molar-refractivity contribution in [2.24, 2.45) is 0 Å². The van der Waals surface area contributed by atoms with Crippen LogP contribution in [-0.2, 0) is 16.4 Å². The van der Waals surface area contributed by atoms with Gasteiger partial charge < -0.3 is 14.6 Å². The predicted molar refractivity (Wildman–Crippen MR) is 115 cm³/mol. The predicted octanol–water partition coefficient (Wildman–Crippen LogP) is 2.94. The van der Waals surface area contributed by atoms with E-state index in [9.17, 15) is 13.2 Å². The Hall–Kier alpha value is -3.40. The van der Waals surface area contributed by atoms with E-state index >= 15 is 0 Å². The number of ether oxygens (including phenoxy) is 1. The lowest BCUT2D eigenvalue weighted by Gasteiger charge is -2.10. The van der Waals surface area contributed by atoms with Crippen molar-refractivity contribution in [3.05, 3.63) is 65.8 Å². The first-order valence-electron chi connectivity index (χ1n) is 9.80. The number of aryl methyl sites for hydroxylation is 2. The van der Waals surface area contributed by atoms with Crippen molar-refractivity contribution in [3.8, 4) is 5.75 Å². The molecule has 0 unspecified atom stereocenters. The van der Waals surface area contributed by atoms with Crippen molar-refractivity contribution in [3.63, 3.8) is 0 Å². The molecule has 3 aromatic rings. The van der Waals surface area contributed by atoms with E-state index in [-0.39, 0.29) is 10.8 Å². The average Bonchev–Trinajstić information content (AvgIpc) is 3.17. The number of hydrogen-bond acceptors (Lipinski definition) is 7. The van der Waals surface area contributed by atoms with Gasteiger partial charge in [0.2, 0.25) is 5.89 Å². The van der Waals surface area contributed by atoms with Crippen molar-refractivity contribution in [1.82, 2.24) is 15.5 Å². The molecule has 1 amide bonds. The highest BCUT2D eigenvalue weighted by Gasteiger charge is 2.15. The van der Waals surface area contributed by atoms with Crippen LogP contribution in [0.2, 0.25) is 0 Å². The Morgan fingerprint density at radius 2 is 1.81 bits per heavy atom. The zero-order valence-corrected chi connectivity index (χ0v) is 18.1. The SMILES string of the molecule is CCOc1ccc(S(=O)(=O)Nc2ccc(C(=O)NCCCc3nc(C)no3)cc2)cc1. The van der Waals surface area contributed by atoms with Crippen molar-refractivity contribution in [2.75, 3.05) is 17.9 Å². The molecule has 31 heavy (non-hydrogen) atoms. The Morgan fingerprint density at radius 1 is 1.10 bits per heavy atom. The van der Waals surface area contributed by atoms with E-state index in [1.165, 1.54) is 12.1 Å². The minimum absolute atomic E-state index is 0.120. The quantitative estimate of drug-likeness (QED) is 0.461. The number of benzene rings is 2. The van der Waals surface area contributed by atoms with Gasteiger partial charge in [-0.2, -0.15) is 4.98 Å². The summed E-state index contributed by atoms with van der Waals surface area (Å²) in [6.45, 7) is 4.55. The molecular weight excluding hydrogens is 420 g/mol. The van der Waals surface area contributed by atoms with Crippen LogP contribution >= 0.6 is 0 Å². The van der Waals surface area contributed by atoms with Crippen LogP contribution in [0.25, 0.3) is 0 Å². The molecule has 1 aromatic heterocycles. The molecule has 2 N–H and O–H groups in total. The Morgan fingerprint density at radius 3 is 2.42 bits per heavy atom. The van der Waals surface area contributed by atoms with Crippen molar-refractivity contribution in [2.45, 2.75) is 31.6 Å². The van der Waals surface area contributed by atoms with Crippen LogP contribution in [0, 0.1) is 6.92 Å². The molecule has 0 aliphatic carbocycles. The molecule has 2 aromatic carbocycles. The third kappa shape index (κ3) is 6.29. The van der Waals surface area contributed by atoms with E-state index in [1.54, 1.807) is 43.3 Å². The second-order valence-corrected chi connectivity index (χ2v) is 8.36. The monoisotopic (exact) mass is 444 g/mol. The number of aromatic nitrogens is 2. The summed E-state index contributed by atoms with van der Waals surface area (Å²) in [5.41, 5.74) is 0.787. The fourth-order valence-electron chi connectivity index (χ4n) is 2.77. The molecule has 0 aliphatic rings. The first kappa shape index (κ1) is 22.3. The number of carbonyl (C=O) groups excluding carboxylic acids is 1. The number of anilines is 1. The van der Waals surface area contributed by atoms with E-state index in [0.717, 1.165) is 0 Å². The van der Waals surface area contributed by atoms with Crippen LogP contribution in [0.1, 0.15) is 35.4 Å². The van der Waals surface area contributed by atoms with E-state index < -0.39 is 10.0 Å². The van der Waals surface area contributed by atoms with E-state index in [0.29, 0.717) is 54.7 Å². The molecule has 0 spiro atoms. The smallest absolute Gasteiger partial charge is 0.261 e. The highest BCUT2D eigenvalue weighted by molar-refractivity contribution is 7.92. The molecule has 0 radical (unpaired) electrons. The van der Waals surface area contributed by atoms with Gasteiger partial charge in [0.25, 0.3) is 15.9 Å². The van der Waals surface area contributed by atoms with Crippen molar-refractivity contribution in [1.29, 1.82) is 0 Å². The largest absolute Gasteiger partial charge is 0.494 e. The lowest BCUT2D eigenvalue weighted by molar-refractivity contribution is 0.0953. The average molecular weight is 445 g/mol. The third-order valence-electron chi connectivity index (χ3n) is 4.27. The lowest BCUT2D eigenvalue weighted by atomic mass is 10.2. The first-order valence-corrected chi connectivity index (χ1v) is 11.3. The van der Waals surface area contributed by atoms with Gasteiger partial charge in [-0.05, 0) is 68.8 Å². The second-order valence-electron chi connectivity index (χ2n) is 6.68. The Bertz CT molecular complexity index is 1110. The maximum atomic E-state index is 12.5. The molecule has 0 fully saturated rings. The first-order chi connectivity index (χ1) is 14.9. The molecular formula is C21H24N4O5S. The molecule has 0 aliphatic heterocycles. The Balaban J connectivity index is 1.52. The maximum Gasteiger partial charge on any atom is 0.261 e. The second kappa shape index (κ2) is 10.1. The van der Waals surface area contributed by atoms with Gasteiger partial charge in [-0.1, -0.05) is 5.16 Å². The Labute approximate surface area is 180 Å². The van der Waals surface area contributed by atoms with Gasteiger partial charge in [0, 0.05) is 24.2 Å². The molecule has 1 heterocycles. The number of nitrogens with one attached hydrogen (secondary N) is 2. The van der Waals surface area contributed by atoms with Crippen LogP contribution in [0.4, 0.5) is 5.69 Å². The van der Waals surface area contributed by atoms with Gasteiger partial charge in [-0.15, -0.1) is 0 Å². The maximum absolute atomic E-state index is 12.5. The van der Waals surface area contributed by atoms with Gasteiger partial charge in [0.05, 0.1) is 11.5 Å². The molecule has 9 nitrogen and oxygen atoms in total. The van der Waals surface area contributed by atoms with E-state index in [1.807, 2.05) is 6.92 Å². The van der Waals surface area contributed by atoms with E-state index in [2.05, 4.69) is 20.2 Å². The zero-order valence-electron chi connectivity index (χ0n) is 17.3. The summed E-state index contributed by atoms with van der Waals surface area (Å²) >= 11 is 0. The molecule has 0 saturated heterocycles. The number of rotatable bonds is 10. The molecule has 0 saturated carbocycles. The van der Waals surface area contributed by atoms with Gasteiger partial charge in [0.15, 0.2) is 5.82 Å². The highest BCUT2D eigenvalue weighted by Crippen LogP contribution is 2.19. The highest BCUT2D eigenvalue weighted by atomic mass is 32.2. The minimum atomic E-state index is -3.75. The standard InChI is InChI=1S/C21H24N4O5S/c1-3-29-18-10-12-19(13-11-18)31(27,28)25-17-8-6-16(7-9-17)21(26)22-14-4-5-20-23-15(2)24-30-20/h6-13,25H,3-5,14H2,1-2H3,(H,22,26). The van der Waals surface area contributed by atoms with Crippen LogP contribution in [0.3, 0.4) is 0 Å². The molecule has 10 heteroatoms. The van der Waals surface area contributed by atoms with Crippen molar-refractivity contribution >= 4 is 21.6 Å². The van der Waals surface area contributed by atoms with Crippen molar-refractivity contribution < 1.29 is 22.5 Å². The summed E-state index contributed by atoms with van der Waals surface area (Å²) in [6.07, 6.45) is 1.24. The topological polar surface area (TPSA) is 123 Å². The Kier molecular flexibility index (Phi) is 7.24. The molecule has 164 valence electrons. The zero-order chi connectivity index (χ0) is 22.3. The molecule has 0 bridgehead atoms. The fourth-order valence-corrected chi connectivity index (χ4v) is 3.83.